The molecule has 0 aromatic rings. The van der Waals surface area contributed by atoms with Gasteiger partial charge in [-0.25, -0.2) is 0 Å². The number of esters is 1. The monoisotopic (exact) mass is 833 g/mol. The largest absolute Gasteiger partial charge is 0.457 e. The number of aliphatic hydroxyl groups excluding tert-OH is 4. The number of carbonyl (C=O) groups is 1. The smallest absolute Gasteiger partial charge is 0.306 e. The Labute approximate surface area is 360 Å². The maximum absolute atomic E-state index is 12.8. The third kappa shape index (κ3) is 32.3. The lowest BCUT2D eigenvalue weighted by atomic mass is 9.99. The minimum Gasteiger partial charge on any atom is -0.457 e. The zero-order chi connectivity index (χ0) is 42.9. The van der Waals surface area contributed by atoms with E-state index in [4.69, 9.17) is 18.9 Å². The van der Waals surface area contributed by atoms with Crippen LogP contribution >= 0.6 is 0 Å². The normalized spacial score (nSPS) is 20.7. The van der Waals surface area contributed by atoms with E-state index in [0.717, 1.165) is 77.0 Å². The minimum atomic E-state index is -1.54. The van der Waals surface area contributed by atoms with E-state index in [1.54, 1.807) is 0 Å². The van der Waals surface area contributed by atoms with Crippen LogP contribution in [0.2, 0.25) is 0 Å². The van der Waals surface area contributed by atoms with E-state index in [1.165, 1.54) is 89.9 Å². The number of carbonyl (C=O) groups excluding carboxylic acids is 1. The van der Waals surface area contributed by atoms with Gasteiger partial charge < -0.3 is 39.4 Å². The fourth-order valence-corrected chi connectivity index (χ4v) is 6.96. The molecule has 1 saturated heterocycles. The van der Waals surface area contributed by atoms with Crippen molar-refractivity contribution in [2.75, 3.05) is 26.4 Å². The Hall–Kier alpha value is -2.11. The average molecular weight is 833 g/mol. The third-order valence-electron chi connectivity index (χ3n) is 10.6. The maximum atomic E-state index is 12.8. The van der Waals surface area contributed by atoms with Crippen LogP contribution in [0.5, 0.6) is 0 Å². The topological polar surface area (TPSA) is 135 Å². The fourth-order valence-electron chi connectivity index (χ4n) is 6.96. The minimum absolute atomic E-state index is 0.118. The van der Waals surface area contributed by atoms with Crippen molar-refractivity contribution in [2.24, 2.45) is 0 Å². The SMILES string of the molecule is CC/C=C\C/C=C\C/C=C\C/C=C\CCCCCCCCCCCCCCC(=O)OC(COCCCCCCCC/C=C\CCC)COC1OC(CO)C(O)C(O)C1O. The van der Waals surface area contributed by atoms with Crippen LogP contribution < -0.4 is 0 Å². The lowest BCUT2D eigenvalue weighted by molar-refractivity contribution is -0.305. The molecule has 1 aliphatic rings. The van der Waals surface area contributed by atoms with Crippen LogP contribution in [-0.2, 0) is 23.7 Å². The standard InChI is InChI=1S/C50H88O9/c1-3-5-7-9-11-13-15-16-17-18-19-20-21-22-23-24-25-26-27-28-29-31-33-35-37-39-46(52)58-44(43-57-50-49(55)48(54)47(53)45(41-51)59-50)42-56-40-38-36-34-32-30-14-12-10-8-6-4-2/h5,7-8,10-11,13,16-17,19-20,44-45,47-51,53-55H,3-4,6,9,12,14-15,18,21-43H2,1-2H3/b7-5-,10-8-,13-11-,17-16-,20-19-. The zero-order valence-corrected chi connectivity index (χ0v) is 37.5. The summed E-state index contributed by atoms with van der Waals surface area (Å²) >= 11 is 0. The molecular formula is C50H88O9. The average Bonchev–Trinajstić information content (AvgIpc) is 3.24. The van der Waals surface area contributed by atoms with E-state index < -0.39 is 43.4 Å². The molecule has 0 aromatic carbocycles. The van der Waals surface area contributed by atoms with Crippen LogP contribution in [0.4, 0.5) is 0 Å². The van der Waals surface area contributed by atoms with E-state index >= 15 is 0 Å². The summed E-state index contributed by atoms with van der Waals surface area (Å²) in [4.78, 5) is 12.8. The number of unbranched alkanes of at least 4 members (excludes halogenated alkanes) is 19. The predicted octanol–water partition coefficient (Wildman–Crippen LogP) is 11.1. The van der Waals surface area contributed by atoms with Gasteiger partial charge in [0.1, 0.15) is 30.5 Å². The highest BCUT2D eigenvalue weighted by atomic mass is 16.7. The number of ether oxygens (including phenoxy) is 4. The summed E-state index contributed by atoms with van der Waals surface area (Å²) < 4.78 is 22.8. The zero-order valence-electron chi connectivity index (χ0n) is 37.5. The maximum Gasteiger partial charge on any atom is 0.306 e. The van der Waals surface area contributed by atoms with Crippen LogP contribution in [0.3, 0.4) is 0 Å². The fraction of sp³-hybridized carbons (Fsp3) is 0.780. The molecule has 1 fully saturated rings. The molecular weight excluding hydrogens is 745 g/mol. The second-order valence-electron chi connectivity index (χ2n) is 16.2. The summed E-state index contributed by atoms with van der Waals surface area (Å²) in [6, 6.07) is 0. The first-order valence-corrected chi connectivity index (χ1v) is 23.9. The van der Waals surface area contributed by atoms with E-state index in [-0.39, 0.29) is 19.2 Å². The Morgan fingerprint density at radius 3 is 1.58 bits per heavy atom. The Balaban J connectivity index is 2.18. The van der Waals surface area contributed by atoms with Crippen LogP contribution in [0.15, 0.2) is 60.8 Å². The van der Waals surface area contributed by atoms with Crippen molar-refractivity contribution in [1.29, 1.82) is 0 Å². The first kappa shape index (κ1) is 54.9. The molecule has 1 aliphatic heterocycles. The van der Waals surface area contributed by atoms with Gasteiger partial charge in [0, 0.05) is 13.0 Å². The predicted molar refractivity (Wildman–Crippen MR) is 242 cm³/mol. The molecule has 0 saturated carbocycles. The van der Waals surface area contributed by atoms with Gasteiger partial charge in [-0.3, -0.25) is 4.79 Å². The molecule has 9 nitrogen and oxygen atoms in total. The number of allylic oxidation sites excluding steroid dienone is 10. The van der Waals surface area contributed by atoms with Crippen molar-refractivity contribution in [3.05, 3.63) is 60.8 Å². The molecule has 0 aliphatic carbocycles. The van der Waals surface area contributed by atoms with E-state index in [0.29, 0.717) is 13.0 Å². The molecule has 0 bridgehead atoms. The molecule has 1 heterocycles. The van der Waals surface area contributed by atoms with Crippen molar-refractivity contribution < 1.29 is 44.2 Å². The van der Waals surface area contributed by atoms with Crippen molar-refractivity contribution in [1.82, 2.24) is 0 Å². The lowest BCUT2D eigenvalue weighted by Crippen LogP contribution is -2.59. The highest BCUT2D eigenvalue weighted by Gasteiger charge is 2.44. The number of rotatable bonds is 40. The van der Waals surface area contributed by atoms with Gasteiger partial charge in [0.2, 0.25) is 0 Å². The van der Waals surface area contributed by atoms with Crippen molar-refractivity contribution in [2.45, 2.75) is 224 Å². The Kier molecular flexibility index (Phi) is 38.4. The number of aliphatic hydroxyl groups is 4. The molecule has 342 valence electrons. The first-order chi connectivity index (χ1) is 28.9. The molecule has 1 rings (SSSR count). The van der Waals surface area contributed by atoms with Crippen LogP contribution in [-0.4, -0.2) is 89.6 Å². The third-order valence-corrected chi connectivity index (χ3v) is 10.6. The van der Waals surface area contributed by atoms with Crippen LogP contribution in [0.1, 0.15) is 187 Å². The van der Waals surface area contributed by atoms with Gasteiger partial charge in [0.05, 0.1) is 19.8 Å². The van der Waals surface area contributed by atoms with Gasteiger partial charge in [-0.15, -0.1) is 0 Å². The Bertz CT molecular complexity index is 1080. The molecule has 59 heavy (non-hydrogen) atoms. The summed E-state index contributed by atoms with van der Waals surface area (Å²) in [5.74, 6) is -0.320. The lowest BCUT2D eigenvalue weighted by Gasteiger charge is -2.39. The quantitative estimate of drug-likeness (QED) is 0.0270. The number of hydrogen-bond donors (Lipinski definition) is 4. The highest BCUT2D eigenvalue weighted by Crippen LogP contribution is 2.22. The summed E-state index contributed by atoms with van der Waals surface area (Å²) in [6.07, 6.45) is 45.4. The molecule has 0 amide bonds. The molecule has 6 atom stereocenters. The van der Waals surface area contributed by atoms with Crippen LogP contribution in [0.25, 0.3) is 0 Å². The second kappa shape index (κ2) is 41.3. The van der Waals surface area contributed by atoms with E-state index in [2.05, 4.69) is 74.6 Å². The van der Waals surface area contributed by atoms with Gasteiger partial charge in [-0.05, 0) is 70.6 Å². The van der Waals surface area contributed by atoms with E-state index in [1.807, 2.05) is 0 Å². The highest BCUT2D eigenvalue weighted by molar-refractivity contribution is 5.69. The van der Waals surface area contributed by atoms with E-state index in [9.17, 15) is 25.2 Å². The summed E-state index contributed by atoms with van der Waals surface area (Å²) in [7, 11) is 0. The van der Waals surface area contributed by atoms with Crippen molar-refractivity contribution in [3.8, 4) is 0 Å². The molecule has 6 unspecified atom stereocenters. The summed E-state index contributed by atoms with van der Waals surface area (Å²) in [5.41, 5.74) is 0. The molecule has 0 spiro atoms. The van der Waals surface area contributed by atoms with Gasteiger partial charge in [0.25, 0.3) is 0 Å². The summed E-state index contributed by atoms with van der Waals surface area (Å²) in [6.45, 7) is 4.38. The number of hydrogen-bond acceptors (Lipinski definition) is 9. The molecule has 0 aromatic heterocycles. The molecule has 9 heteroatoms. The van der Waals surface area contributed by atoms with Crippen molar-refractivity contribution in [3.63, 3.8) is 0 Å². The Morgan fingerprint density at radius 1 is 0.559 bits per heavy atom. The van der Waals surface area contributed by atoms with Crippen molar-refractivity contribution >= 4 is 5.97 Å². The summed E-state index contributed by atoms with van der Waals surface area (Å²) in [5, 5.41) is 40.1. The van der Waals surface area contributed by atoms with Gasteiger partial charge in [-0.2, -0.15) is 0 Å². The first-order valence-electron chi connectivity index (χ1n) is 23.9. The second-order valence-corrected chi connectivity index (χ2v) is 16.2. The Morgan fingerprint density at radius 2 is 1.03 bits per heavy atom. The van der Waals surface area contributed by atoms with Gasteiger partial charge >= 0.3 is 5.97 Å². The molecule has 0 radical (unpaired) electrons. The van der Waals surface area contributed by atoms with Gasteiger partial charge in [0.15, 0.2) is 6.29 Å². The molecule has 4 N–H and O–H groups in total. The van der Waals surface area contributed by atoms with Crippen LogP contribution in [0, 0.1) is 0 Å². The van der Waals surface area contributed by atoms with Gasteiger partial charge in [-0.1, -0.05) is 171 Å².